The van der Waals surface area contributed by atoms with Gasteiger partial charge < -0.3 is 10.2 Å². The van der Waals surface area contributed by atoms with Gasteiger partial charge in [0.15, 0.2) is 5.50 Å². The summed E-state index contributed by atoms with van der Waals surface area (Å²) in [4.78, 5) is 25.4. The van der Waals surface area contributed by atoms with Gasteiger partial charge in [0.1, 0.15) is 6.42 Å². The van der Waals surface area contributed by atoms with E-state index < -0.39 is 0 Å². The zero-order chi connectivity index (χ0) is 15.4. The summed E-state index contributed by atoms with van der Waals surface area (Å²) < 4.78 is 0. The first-order chi connectivity index (χ1) is 9.95. The number of amides is 2. The van der Waals surface area contributed by atoms with Crippen molar-refractivity contribution in [1.29, 1.82) is 0 Å². The number of carbonyl (C=O) groups is 2. The van der Waals surface area contributed by atoms with E-state index in [0.717, 1.165) is 5.56 Å². The van der Waals surface area contributed by atoms with E-state index in [-0.39, 0.29) is 23.7 Å². The predicted molar refractivity (Wildman–Crippen MR) is 85.8 cm³/mol. The molecular formula is C15H19ClN2O2S. The van der Waals surface area contributed by atoms with Crippen molar-refractivity contribution in [2.75, 3.05) is 6.54 Å². The van der Waals surface area contributed by atoms with E-state index in [1.807, 2.05) is 24.3 Å². The lowest BCUT2D eigenvalue weighted by Gasteiger charge is -2.36. The summed E-state index contributed by atoms with van der Waals surface area (Å²) in [5.41, 5.74) is 0.818. The predicted octanol–water partition coefficient (Wildman–Crippen LogP) is 2.86. The van der Waals surface area contributed by atoms with Crippen LogP contribution in [0, 0.1) is 5.92 Å². The first-order valence-electron chi connectivity index (χ1n) is 6.90. The zero-order valence-corrected chi connectivity index (χ0v) is 13.7. The summed E-state index contributed by atoms with van der Waals surface area (Å²) in [6, 6.07) is 7.59. The van der Waals surface area contributed by atoms with Gasteiger partial charge in [-0.3, -0.25) is 9.59 Å². The molecule has 1 heterocycles. The van der Waals surface area contributed by atoms with Crippen molar-refractivity contribution >= 4 is 35.2 Å². The Bertz CT molecular complexity index is 519. The van der Waals surface area contributed by atoms with Gasteiger partial charge in [0.2, 0.25) is 11.8 Å². The maximum Gasteiger partial charge on any atom is 0.234 e. The Balaban J connectivity index is 2.01. The fraction of sp³-hybridized carbons (Fsp3) is 0.467. The molecule has 6 heteroatoms. The molecule has 0 radical (unpaired) electrons. The maximum absolute atomic E-state index is 12.0. The molecule has 1 aliphatic rings. The van der Waals surface area contributed by atoms with Gasteiger partial charge in [0, 0.05) is 17.3 Å². The number of hydrogen-bond donors (Lipinski definition) is 1. The summed E-state index contributed by atoms with van der Waals surface area (Å²) in [6.45, 7) is 4.77. The van der Waals surface area contributed by atoms with E-state index >= 15 is 0 Å². The number of rotatable bonds is 5. The van der Waals surface area contributed by atoms with Crippen molar-refractivity contribution in [2.45, 2.75) is 31.5 Å². The fourth-order valence-corrected chi connectivity index (χ4v) is 3.38. The molecule has 0 spiro atoms. The molecule has 0 bridgehead atoms. The SMILES string of the molecule is CC(C)CN1C(=O)CC(=O)NC1SCc1ccc(Cl)cc1. The van der Waals surface area contributed by atoms with Gasteiger partial charge in [-0.25, -0.2) is 0 Å². The quantitative estimate of drug-likeness (QED) is 0.846. The third-order valence-corrected chi connectivity index (χ3v) is 4.52. The molecule has 0 aliphatic carbocycles. The lowest BCUT2D eigenvalue weighted by atomic mass is 10.2. The van der Waals surface area contributed by atoms with Crippen LogP contribution in [0.2, 0.25) is 5.02 Å². The topological polar surface area (TPSA) is 49.4 Å². The summed E-state index contributed by atoms with van der Waals surface area (Å²) in [5, 5.41) is 3.59. The Morgan fingerprint density at radius 3 is 2.62 bits per heavy atom. The van der Waals surface area contributed by atoms with Crippen LogP contribution in [-0.2, 0) is 15.3 Å². The van der Waals surface area contributed by atoms with E-state index in [0.29, 0.717) is 23.2 Å². The smallest absolute Gasteiger partial charge is 0.234 e. The molecule has 1 atom stereocenters. The molecule has 4 nitrogen and oxygen atoms in total. The van der Waals surface area contributed by atoms with Gasteiger partial charge >= 0.3 is 0 Å². The van der Waals surface area contributed by atoms with Gasteiger partial charge in [0.05, 0.1) is 0 Å². The van der Waals surface area contributed by atoms with E-state index in [2.05, 4.69) is 19.2 Å². The Kier molecular flexibility index (Phi) is 5.53. The summed E-state index contributed by atoms with van der Waals surface area (Å²) in [6.07, 6.45) is -0.0509. The van der Waals surface area contributed by atoms with Crippen LogP contribution in [0.4, 0.5) is 0 Å². The Morgan fingerprint density at radius 1 is 1.33 bits per heavy atom. The number of hydrogen-bond acceptors (Lipinski definition) is 3. The first kappa shape index (κ1) is 16.2. The number of carbonyl (C=O) groups excluding carboxylic acids is 2. The average molecular weight is 327 g/mol. The van der Waals surface area contributed by atoms with Crippen LogP contribution < -0.4 is 5.32 Å². The van der Waals surface area contributed by atoms with Crippen LogP contribution >= 0.6 is 23.4 Å². The Morgan fingerprint density at radius 2 is 2.00 bits per heavy atom. The molecule has 1 aliphatic heterocycles. The fourth-order valence-electron chi connectivity index (χ4n) is 2.11. The second kappa shape index (κ2) is 7.18. The van der Waals surface area contributed by atoms with Crippen molar-refractivity contribution in [1.82, 2.24) is 10.2 Å². The third-order valence-electron chi connectivity index (χ3n) is 3.08. The van der Waals surface area contributed by atoms with Crippen molar-refractivity contribution in [3.8, 4) is 0 Å². The second-order valence-electron chi connectivity index (χ2n) is 5.47. The molecule has 2 rings (SSSR count). The molecule has 1 aromatic rings. The minimum atomic E-state index is -0.295. The van der Waals surface area contributed by atoms with Crippen molar-refractivity contribution in [2.24, 2.45) is 5.92 Å². The first-order valence-corrected chi connectivity index (χ1v) is 8.33. The molecular weight excluding hydrogens is 308 g/mol. The monoisotopic (exact) mass is 326 g/mol. The van der Waals surface area contributed by atoms with Gasteiger partial charge in [-0.15, -0.1) is 11.8 Å². The number of nitrogens with one attached hydrogen (secondary N) is 1. The van der Waals surface area contributed by atoms with Crippen LogP contribution in [-0.4, -0.2) is 28.8 Å². The van der Waals surface area contributed by atoms with Crippen LogP contribution in [0.5, 0.6) is 0 Å². The molecule has 0 aromatic heterocycles. The summed E-state index contributed by atoms with van der Waals surface area (Å²) in [5.74, 6) is 0.779. The van der Waals surface area contributed by atoms with Gasteiger partial charge in [-0.1, -0.05) is 37.6 Å². The number of halogens is 1. The number of nitrogens with zero attached hydrogens (tertiary/aromatic N) is 1. The van der Waals surface area contributed by atoms with Crippen LogP contribution in [0.25, 0.3) is 0 Å². The summed E-state index contributed by atoms with van der Waals surface area (Å²) in [7, 11) is 0. The van der Waals surface area contributed by atoms with E-state index in [1.54, 1.807) is 16.7 Å². The molecule has 0 saturated carbocycles. The highest BCUT2D eigenvalue weighted by Gasteiger charge is 2.32. The van der Waals surface area contributed by atoms with Gasteiger partial charge in [-0.2, -0.15) is 0 Å². The van der Waals surface area contributed by atoms with Gasteiger partial charge in [-0.05, 0) is 23.6 Å². The van der Waals surface area contributed by atoms with Crippen molar-refractivity contribution < 1.29 is 9.59 Å². The lowest BCUT2D eigenvalue weighted by Crippen LogP contribution is -2.56. The standard InChI is InChI=1S/C15H19ClN2O2S/c1-10(2)8-18-14(20)7-13(19)17-15(18)21-9-11-3-5-12(16)6-4-11/h3-6,10,15H,7-9H2,1-2H3,(H,17,19). The van der Waals surface area contributed by atoms with Gasteiger partial charge in [0.25, 0.3) is 0 Å². The van der Waals surface area contributed by atoms with E-state index in [9.17, 15) is 9.59 Å². The largest absolute Gasteiger partial charge is 0.327 e. The highest BCUT2D eigenvalue weighted by atomic mass is 35.5. The normalized spacial score (nSPS) is 19.0. The highest BCUT2D eigenvalue weighted by Crippen LogP contribution is 2.24. The van der Waals surface area contributed by atoms with Crippen LogP contribution in [0.3, 0.4) is 0 Å². The van der Waals surface area contributed by atoms with Crippen LogP contribution in [0.15, 0.2) is 24.3 Å². The van der Waals surface area contributed by atoms with E-state index in [1.165, 1.54) is 0 Å². The maximum atomic E-state index is 12.0. The summed E-state index contributed by atoms with van der Waals surface area (Å²) >= 11 is 7.41. The minimum absolute atomic E-state index is 0.0509. The molecule has 114 valence electrons. The minimum Gasteiger partial charge on any atom is -0.327 e. The molecule has 21 heavy (non-hydrogen) atoms. The second-order valence-corrected chi connectivity index (χ2v) is 6.98. The van der Waals surface area contributed by atoms with Crippen molar-refractivity contribution in [3.05, 3.63) is 34.9 Å². The molecule has 1 saturated heterocycles. The average Bonchev–Trinajstić information content (AvgIpc) is 2.41. The Labute approximate surface area is 134 Å². The highest BCUT2D eigenvalue weighted by molar-refractivity contribution is 7.99. The molecule has 2 amide bonds. The molecule has 1 fully saturated rings. The van der Waals surface area contributed by atoms with Crippen LogP contribution in [0.1, 0.15) is 25.8 Å². The van der Waals surface area contributed by atoms with E-state index in [4.69, 9.17) is 11.6 Å². The zero-order valence-electron chi connectivity index (χ0n) is 12.1. The third kappa shape index (κ3) is 4.64. The Hall–Kier alpha value is -1.20. The molecule has 1 aromatic carbocycles. The van der Waals surface area contributed by atoms with Crippen molar-refractivity contribution in [3.63, 3.8) is 0 Å². The molecule has 1 N–H and O–H groups in total. The number of thioether (sulfide) groups is 1. The molecule has 1 unspecified atom stereocenters. The number of benzene rings is 1. The lowest BCUT2D eigenvalue weighted by molar-refractivity contribution is -0.142.